The quantitative estimate of drug-likeness (QED) is 0.875. The summed E-state index contributed by atoms with van der Waals surface area (Å²) in [6.45, 7) is 0. The lowest BCUT2D eigenvalue weighted by molar-refractivity contribution is -0.137. The van der Waals surface area contributed by atoms with E-state index in [-0.39, 0.29) is 10.7 Å². The molecule has 0 aliphatic rings. The molecular formula is C12H9ClF3N3. The topological polar surface area (TPSA) is 50.9 Å². The summed E-state index contributed by atoms with van der Waals surface area (Å²) in [5.41, 5.74) is 5.83. The van der Waals surface area contributed by atoms with Gasteiger partial charge >= 0.3 is 6.18 Å². The van der Waals surface area contributed by atoms with E-state index in [4.69, 9.17) is 17.3 Å². The van der Waals surface area contributed by atoms with Gasteiger partial charge < -0.3 is 11.1 Å². The molecule has 0 unspecified atom stereocenters. The van der Waals surface area contributed by atoms with Crippen LogP contribution >= 0.6 is 11.6 Å². The van der Waals surface area contributed by atoms with E-state index in [0.29, 0.717) is 11.4 Å². The molecule has 0 atom stereocenters. The Morgan fingerprint density at radius 1 is 1.21 bits per heavy atom. The second-order valence-electron chi connectivity index (χ2n) is 3.81. The number of nitrogens with two attached hydrogens (primary N) is 1. The minimum absolute atomic E-state index is 0.00930. The summed E-state index contributed by atoms with van der Waals surface area (Å²) in [7, 11) is 0. The van der Waals surface area contributed by atoms with Crippen LogP contribution in [0.3, 0.4) is 0 Å². The summed E-state index contributed by atoms with van der Waals surface area (Å²) in [6.07, 6.45) is -1.57. The van der Waals surface area contributed by atoms with Crippen molar-refractivity contribution in [1.29, 1.82) is 0 Å². The molecule has 0 bridgehead atoms. The first-order valence-corrected chi connectivity index (χ1v) is 5.58. The van der Waals surface area contributed by atoms with E-state index >= 15 is 0 Å². The zero-order chi connectivity index (χ0) is 14.0. The molecule has 2 rings (SSSR count). The molecule has 0 saturated carbocycles. The van der Waals surface area contributed by atoms with Crippen LogP contribution in [0.1, 0.15) is 5.56 Å². The standard InChI is InChI=1S/C12H9ClF3N3/c13-8-3-7(12(14,15)16)4-9(5-8)19-11-1-2-18-6-10(11)17/h1-6H,17H2,(H,18,19). The van der Waals surface area contributed by atoms with Gasteiger partial charge in [0.05, 0.1) is 23.1 Å². The molecule has 1 aromatic carbocycles. The van der Waals surface area contributed by atoms with Gasteiger partial charge in [-0.15, -0.1) is 0 Å². The van der Waals surface area contributed by atoms with Gasteiger partial charge in [0.25, 0.3) is 0 Å². The molecule has 1 heterocycles. The number of nitrogens with one attached hydrogen (secondary N) is 1. The number of halogens is 4. The molecule has 2 aromatic rings. The summed E-state index contributed by atoms with van der Waals surface area (Å²) in [6, 6.07) is 4.77. The molecule has 3 nitrogen and oxygen atoms in total. The number of benzene rings is 1. The number of anilines is 3. The van der Waals surface area contributed by atoms with Crippen LogP contribution in [-0.4, -0.2) is 4.98 Å². The highest BCUT2D eigenvalue weighted by molar-refractivity contribution is 6.31. The first-order chi connectivity index (χ1) is 8.86. The minimum Gasteiger partial charge on any atom is -0.396 e. The third-order valence-electron chi connectivity index (χ3n) is 2.36. The molecule has 7 heteroatoms. The maximum Gasteiger partial charge on any atom is 0.416 e. The SMILES string of the molecule is Nc1cnccc1Nc1cc(Cl)cc(C(F)(F)F)c1. The van der Waals surface area contributed by atoms with Crippen LogP contribution in [0.25, 0.3) is 0 Å². The zero-order valence-electron chi connectivity index (χ0n) is 9.50. The second kappa shape index (κ2) is 4.97. The summed E-state index contributed by atoms with van der Waals surface area (Å²) >= 11 is 5.68. The van der Waals surface area contributed by atoms with Crippen LogP contribution < -0.4 is 11.1 Å². The van der Waals surface area contributed by atoms with Gasteiger partial charge in [0.2, 0.25) is 0 Å². The molecule has 100 valence electrons. The van der Waals surface area contributed by atoms with Gasteiger partial charge in [0.15, 0.2) is 0 Å². The van der Waals surface area contributed by atoms with E-state index in [9.17, 15) is 13.2 Å². The summed E-state index contributed by atoms with van der Waals surface area (Å²) < 4.78 is 37.9. The van der Waals surface area contributed by atoms with Gasteiger partial charge in [0, 0.05) is 16.9 Å². The molecule has 0 fully saturated rings. The van der Waals surface area contributed by atoms with Gasteiger partial charge in [-0.05, 0) is 24.3 Å². The molecule has 1 aromatic heterocycles. The highest BCUT2D eigenvalue weighted by atomic mass is 35.5. The monoisotopic (exact) mass is 287 g/mol. The van der Waals surface area contributed by atoms with Crippen molar-refractivity contribution in [3.8, 4) is 0 Å². The Bertz CT molecular complexity index is 599. The van der Waals surface area contributed by atoms with E-state index < -0.39 is 11.7 Å². The third-order valence-corrected chi connectivity index (χ3v) is 2.57. The van der Waals surface area contributed by atoms with Crippen molar-refractivity contribution in [3.05, 3.63) is 47.2 Å². The van der Waals surface area contributed by atoms with Crippen molar-refractivity contribution in [1.82, 2.24) is 4.98 Å². The van der Waals surface area contributed by atoms with Gasteiger partial charge in [0.1, 0.15) is 0 Å². The Morgan fingerprint density at radius 3 is 2.58 bits per heavy atom. The van der Waals surface area contributed by atoms with Crippen LogP contribution in [-0.2, 0) is 6.18 Å². The number of hydrogen-bond acceptors (Lipinski definition) is 3. The Labute approximate surface area is 112 Å². The van der Waals surface area contributed by atoms with Crippen LogP contribution in [0.15, 0.2) is 36.7 Å². The maximum atomic E-state index is 12.6. The van der Waals surface area contributed by atoms with Crippen LogP contribution in [0.2, 0.25) is 5.02 Å². The lowest BCUT2D eigenvalue weighted by Crippen LogP contribution is -2.06. The van der Waals surface area contributed by atoms with Crippen LogP contribution in [0, 0.1) is 0 Å². The molecule has 0 saturated heterocycles. The predicted molar refractivity (Wildman–Crippen MR) is 68.4 cm³/mol. The highest BCUT2D eigenvalue weighted by Gasteiger charge is 2.31. The number of nitrogen functional groups attached to an aromatic ring is 1. The number of alkyl halides is 3. The number of rotatable bonds is 2. The normalized spacial score (nSPS) is 11.4. The van der Waals surface area contributed by atoms with Crippen molar-refractivity contribution in [2.45, 2.75) is 6.18 Å². The number of pyridine rings is 1. The molecule has 19 heavy (non-hydrogen) atoms. The van der Waals surface area contributed by atoms with Gasteiger partial charge in [-0.1, -0.05) is 11.6 Å². The number of hydrogen-bond donors (Lipinski definition) is 2. The number of aromatic nitrogens is 1. The largest absolute Gasteiger partial charge is 0.416 e. The van der Waals surface area contributed by atoms with Gasteiger partial charge in [-0.25, -0.2) is 0 Å². The zero-order valence-corrected chi connectivity index (χ0v) is 10.3. The van der Waals surface area contributed by atoms with E-state index in [2.05, 4.69) is 10.3 Å². The fourth-order valence-electron chi connectivity index (χ4n) is 1.50. The molecule has 0 spiro atoms. The van der Waals surface area contributed by atoms with Crippen LogP contribution in [0.4, 0.5) is 30.2 Å². The van der Waals surface area contributed by atoms with E-state index in [0.717, 1.165) is 12.1 Å². The van der Waals surface area contributed by atoms with E-state index in [1.807, 2.05) is 0 Å². The lowest BCUT2D eigenvalue weighted by Gasteiger charge is -2.12. The summed E-state index contributed by atoms with van der Waals surface area (Å²) in [4.78, 5) is 3.79. The molecule has 3 N–H and O–H groups in total. The summed E-state index contributed by atoms with van der Waals surface area (Å²) in [5.74, 6) is 0. The Balaban J connectivity index is 2.36. The van der Waals surface area contributed by atoms with E-state index in [1.165, 1.54) is 18.5 Å². The highest BCUT2D eigenvalue weighted by Crippen LogP contribution is 2.34. The second-order valence-corrected chi connectivity index (χ2v) is 4.25. The number of nitrogens with zero attached hydrogens (tertiary/aromatic N) is 1. The first-order valence-electron chi connectivity index (χ1n) is 5.20. The van der Waals surface area contributed by atoms with Crippen molar-refractivity contribution < 1.29 is 13.2 Å². The average Bonchev–Trinajstić information content (AvgIpc) is 2.30. The van der Waals surface area contributed by atoms with Crippen molar-refractivity contribution in [2.75, 3.05) is 11.1 Å². The smallest absolute Gasteiger partial charge is 0.396 e. The molecule has 0 aliphatic heterocycles. The van der Waals surface area contributed by atoms with Crippen LogP contribution in [0.5, 0.6) is 0 Å². The van der Waals surface area contributed by atoms with Crippen molar-refractivity contribution in [3.63, 3.8) is 0 Å². The van der Waals surface area contributed by atoms with Gasteiger partial charge in [-0.2, -0.15) is 13.2 Å². The first kappa shape index (κ1) is 13.5. The predicted octanol–water partition coefficient (Wildman–Crippen LogP) is 4.08. The molecule has 0 radical (unpaired) electrons. The summed E-state index contributed by atoms with van der Waals surface area (Å²) in [5, 5.41) is 2.77. The van der Waals surface area contributed by atoms with E-state index in [1.54, 1.807) is 6.07 Å². The molecule has 0 aliphatic carbocycles. The average molecular weight is 288 g/mol. The molecule has 0 amide bonds. The lowest BCUT2D eigenvalue weighted by atomic mass is 10.2. The Kier molecular flexibility index (Phi) is 3.53. The van der Waals surface area contributed by atoms with Crippen molar-refractivity contribution in [2.24, 2.45) is 0 Å². The maximum absolute atomic E-state index is 12.6. The fraction of sp³-hybridized carbons (Fsp3) is 0.0833. The Hall–Kier alpha value is -1.95. The van der Waals surface area contributed by atoms with Gasteiger partial charge in [-0.3, -0.25) is 4.98 Å². The fourth-order valence-corrected chi connectivity index (χ4v) is 1.74. The Morgan fingerprint density at radius 2 is 1.95 bits per heavy atom. The minimum atomic E-state index is -4.45. The molecular weight excluding hydrogens is 279 g/mol. The van der Waals surface area contributed by atoms with Crippen molar-refractivity contribution >= 4 is 28.7 Å². The third kappa shape index (κ3) is 3.29.